The van der Waals surface area contributed by atoms with Crippen LogP contribution in [0.4, 0.5) is 0 Å². The SMILES string of the molecule is CCCN(C1CCCNC1)C(c1cccs1)C1CC1. The van der Waals surface area contributed by atoms with Crippen LogP contribution < -0.4 is 5.32 Å². The molecule has 1 N–H and O–H groups in total. The van der Waals surface area contributed by atoms with Gasteiger partial charge in [-0.25, -0.2) is 0 Å². The van der Waals surface area contributed by atoms with Gasteiger partial charge in [0.15, 0.2) is 0 Å². The van der Waals surface area contributed by atoms with Crippen molar-refractivity contribution in [2.45, 2.75) is 51.1 Å². The molecule has 1 aromatic rings. The van der Waals surface area contributed by atoms with Gasteiger partial charge in [-0.2, -0.15) is 0 Å². The molecule has 0 spiro atoms. The summed E-state index contributed by atoms with van der Waals surface area (Å²) in [7, 11) is 0. The number of thiophene rings is 1. The molecule has 2 fully saturated rings. The molecule has 3 rings (SSSR count). The molecule has 1 saturated carbocycles. The van der Waals surface area contributed by atoms with Crippen molar-refractivity contribution in [1.82, 2.24) is 10.2 Å². The number of nitrogens with zero attached hydrogens (tertiary/aromatic N) is 1. The van der Waals surface area contributed by atoms with Crippen molar-refractivity contribution in [2.24, 2.45) is 5.92 Å². The molecule has 2 unspecified atom stereocenters. The van der Waals surface area contributed by atoms with Crippen molar-refractivity contribution >= 4 is 11.3 Å². The maximum Gasteiger partial charge on any atom is 0.0473 e. The van der Waals surface area contributed by atoms with Crippen molar-refractivity contribution in [3.8, 4) is 0 Å². The van der Waals surface area contributed by atoms with E-state index in [4.69, 9.17) is 0 Å². The molecule has 0 aromatic carbocycles. The fourth-order valence-corrected chi connectivity index (χ4v) is 4.40. The van der Waals surface area contributed by atoms with Gasteiger partial charge in [0.25, 0.3) is 0 Å². The highest BCUT2D eigenvalue weighted by atomic mass is 32.1. The number of piperidine rings is 1. The van der Waals surface area contributed by atoms with Crippen LogP contribution in [0.1, 0.15) is 49.9 Å². The van der Waals surface area contributed by atoms with Crippen molar-refractivity contribution in [3.05, 3.63) is 22.4 Å². The Balaban J connectivity index is 1.79. The topological polar surface area (TPSA) is 15.3 Å². The highest BCUT2D eigenvalue weighted by Crippen LogP contribution is 2.47. The van der Waals surface area contributed by atoms with Crippen LogP contribution in [-0.2, 0) is 0 Å². The second-order valence-corrected chi connectivity index (χ2v) is 7.01. The third-order valence-corrected chi connectivity index (χ3v) is 5.43. The van der Waals surface area contributed by atoms with E-state index in [1.54, 1.807) is 4.88 Å². The van der Waals surface area contributed by atoms with E-state index in [1.807, 2.05) is 11.3 Å². The molecule has 2 atom stereocenters. The molecule has 3 heteroatoms. The smallest absolute Gasteiger partial charge is 0.0473 e. The third-order valence-electron chi connectivity index (χ3n) is 4.48. The molecular formula is C16H26N2S. The van der Waals surface area contributed by atoms with E-state index in [0.29, 0.717) is 6.04 Å². The quantitative estimate of drug-likeness (QED) is 0.854. The van der Waals surface area contributed by atoms with Gasteiger partial charge in [-0.05, 0) is 62.6 Å². The minimum Gasteiger partial charge on any atom is -0.315 e. The standard InChI is InChI=1S/C16H26N2S/c1-2-10-18(14-5-3-9-17-12-14)16(13-7-8-13)15-6-4-11-19-15/h4,6,11,13-14,16-17H,2-3,5,7-10,12H2,1H3. The van der Waals surface area contributed by atoms with Crippen LogP contribution >= 0.6 is 11.3 Å². The van der Waals surface area contributed by atoms with Crippen molar-refractivity contribution in [3.63, 3.8) is 0 Å². The summed E-state index contributed by atoms with van der Waals surface area (Å²) in [6.07, 6.45) is 6.85. The lowest BCUT2D eigenvalue weighted by Gasteiger charge is -2.40. The van der Waals surface area contributed by atoms with Crippen LogP contribution in [0.5, 0.6) is 0 Å². The highest BCUT2D eigenvalue weighted by Gasteiger charge is 2.39. The molecule has 1 saturated heterocycles. The number of rotatable bonds is 6. The zero-order valence-corrected chi connectivity index (χ0v) is 12.8. The molecule has 0 amide bonds. The van der Waals surface area contributed by atoms with E-state index in [-0.39, 0.29) is 0 Å². The molecule has 1 aromatic heterocycles. The minimum absolute atomic E-state index is 0.699. The second kappa shape index (κ2) is 6.38. The Morgan fingerprint density at radius 2 is 2.32 bits per heavy atom. The lowest BCUT2D eigenvalue weighted by molar-refractivity contribution is 0.100. The first kappa shape index (κ1) is 13.6. The first-order valence-electron chi connectivity index (χ1n) is 7.90. The van der Waals surface area contributed by atoms with Gasteiger partial charge in [-0.1, -0.05) is 13.0 Å². The molecule has 0 bridgehead atoms. The van der Waals surface area contributed by atoms with Crippen LogP contribution in [0.3, 0.4) is 0 Å². The Bertz CT molecular complexity index is 366. The summed E-state index contributed by atoms with van der Waals surface area (Å²) in [5, 5.41) is 5.84. The van der Waals surface area contributed by atoms with Crippen LogP contribution in [-0.4, -0.2) is 30.6 Å². The normalized spacial score (nSPS) is 25.7. The lowest BCUT2D eigenvalue weighted by atomic mass is 10.00. The summed E-state index contributed by atoms with van der Waals surface area (Å²) in [4.78, 5) is 4.43. The van der Waals surface area contributed by atoms with E-state index in [0.717, 1.165) is 12.0 Å². The first-order chi connectivity index (χ1) is 9.40. The first-order valence-corrected chi connectivity index (χ1v) is 8.78. The molecule has 19 heavy (non-hydrogen) atoms. The fraction of sp³-hybridized carbons (Fsp3) is 0.750. The van der Waals surface area contributed by atoms with E-state index in [1.165, 1.54) is 51.7 Å². The molecule has 106 valence electrons. The van der Waals surface area contributed by atoms with Gasteiger partial charge in [-0.3, -0.25) is 4.90 Å². The van der Waals surface area contributed by atoms with Crippen LogP contribution in [0.15, 0.2) is 17.5 Å². The Kier molecular flexibility index (Phi) is 4.57. The van der Waals surface area contributed by atoms with Gasteiger partial charge >= 0.3 is 0 Å². The molecular weight excluding hydrogens is 252 g/mol. The molecule has 2 nitrogen and oxygen atoms in total. The van der Waals surface area contributed by atoms with Crippen molar-refractivity contribution in [2.75, 3.05) is 19.6 Å². The van der Waals surface area contributed by atoms with Crippen LogP contribution in [0.25, 0.3) is 0 Å². The van der Waals surface area contributed by atoms with Gasteiger partial charge in [0.05, 0.1) is 0 Å². The van der Waals surface area contributed by atoms with Gasteiger partial charge in [0, 0.05) is 23.5 Å². The lowest BCUT2D eigenvalue weighted by Crippen LogP contribution is -2.48. The largest absolute Gasteiger partial charge is 0.315 e. The molecule has 2 aliphatic rings. The van der Waals surface area contributed by atoms with Gasteiger partial charge in [0.1, 0.15) is 0 Å². The van der Waals surface area contributed by atoms with E-state index in [9.17, 15) is 0 Å². The Hall–Kier alpha value is -0.380. The monoisotopic (exact) mass is 278 g/mol. The fourth-order valence-electron chi connectivity index (χ4n) is 3.46. The van der Waals surface area contributed by atoms with Crippen LogP contribution in [0.2, 0.25) is 0 Å². The zero-order chi connectivity index (χ0) is 13.1. The van der Waals surface area contributed by atoms with Gasteiger partial charge in [-0.15, -0.1) is 11.3 Å². The Morgan fingerprint density at radius 1 is 1.42 bits per heavy atom. The molecule has 2 heterocycles. The molecule has 1 aliphatic carbocycles. The average molecular weight is 278 g/mol. The summed E-state index contributed by atoms with van der Waals surface area (Å²) in [5.74, 6) is 0.923. The molecule has 1 aliphatic heterocycles. The van der Waals surface area contributed by atoms with Gasteiger partial charge in [0.2, 0.25) is 0 Å². The maximum absolute atomic E-state index is 3.59. The van der Waals surface area contributed by atoms with Crippen LogP contribution in [0, 0.1) is 5.92 Å². The van der Waals surface area contributed by atoms with Gasteiger partial charge < -0.3 is 5.32 Å². The van der Waals surface area contributed by atoms with E-state index in [2.05, 4.69) is 34.7 Å². The predicted molar refractivity (Wildman–Crippen MR) is 82.7 cm³/mol. The summed E-state index contributed by atoms with van der Waals surface area (Å²) in [5.41, 5.74) is 0. The zero-order valence-electron chi connectivity index (χ0n) is 12.0. The summed E-state index contributed by atoms with van der Waals surface area (Å²) >= 11 is 1.96. The number of nitrogens with one attached hydrogen (secondary N) is 1. The second-order valence-electron chi connectivity index (χ2n) is 6.04. The summed E-state index contributed by atoms with van der Waals surface area (Å²) in [6.45, 7) is 5.98. The maximum atomic E-state index is 3.59. The van der Waals surface area contributed by atoms with E-state index >= 15 is 0 Å². The molecule has 0 radical (unpaired) electrons. The van der Waals surface area contributed by atoms with E-state index < -0.39 is 0 Å². The number of hydrogen-bond acceptors (Lipinski definition) is 3. The third kappa shape index (κ3) is 3.21. The summed E-state index contributed by atoms with van der Waals surface area (Å²) in [6, 6.07) is 6.02. The summed E-state index contributed by atoms with van der Waals surface area (Å²) < 4.78 is 0. The Morgan fingerprint density at radius 3 is 2.89 bits per heavy atom. The highest BCUT2D eigenvalue weighted by molar-refractivity contribution is 7.10. The average Bonchev–Trinajstić information content (AvgIpc) is 3.14. The predicted octanol–water partition coefficient (Wildman–Crippen LogP) is 3.66. The Labute approximate surface area is 121 Å². The number of hydrogen-bond donors (Lipinski definition) is 1. The minimum atomic E-state index is 0.699. The van der Waals surface area contributed by atoms with Crippen molar-refractivity contribution in [1.29, 1.82) is 0 Å². The van der Waals surface area contributed by atoms with Crippen molar-refractivity contribution < 1.29 is 0 Å².